The van der Waals surface area contributed by atoms with Crippen LogP contribution in [-0.4, -0.2) is 43.5 Å². The molecule has 0 aliphatic carbocycles. The van der Waals surface area contributed by atoms with Crippen LogP contribution < -0.4 is 10.1 Å². The summed E-state index contributed by atoms with van der Waals surface area (Å²) in [6.45, 7) is 1.29. The van der Waals surface area contributed by atoms with Crippen molar-refractivity contribution in [1.82, 2.24) is 10.2 Å². The van der Waals surface area contributed by atoms with E-state index < -0.39 is 0 Å². The second-order valence-corrected chi connectivity index (χ2v) is 5.18. The Hall–Kier alpha value is -1.46. The first-order chi connectivity index (χ1) is 9.52. The van der Waals surface area contributed by atoms with Gasteiger partial charge in [-0.05, 0) is 12.1 Å². The van der Waals surface area contributed by atoms with Gasteiger partial charge in [0.25, 0.3) is 5.91 Å². The molecule has 1 fully saturated rings. The van der Waals surface area contributed by atoms with Crippen LogP contribution in [0.1, 0.15) is 16.8 Å². The molecule has 1 aromatic rings. The van der Waals surface area contributed by atoms with E-state index in [0.29, 0.717) is 37.4 Å². The maximum absolute atomic E-state index is 12.4. The monoisotopic (exact) mass is 316 g/mol. The number of hydrogen-bond acceptors (Lipinski definition) is 3. The van der Waals surface area contributed by atoms with Gasteiger partial charge in [-0.25, -0.2) is 0 Å². The molecule has 7 heteroatoms. The number of nitrogens with zero attached hydrogens (tertiary/aromatic N) is 1. The van der Waals surface area contributed by atoms with Crippen LogP contribution in [0.4, 0.5) is 0 Å². The molecule has 0 saturated carbocycles. The van der Waals surface area contributed by atoms with Gasteiger partial charge >= 0.3 is 0 Å². The molecule has 0 aromatic heterocycles. The van der Waals surface area contributed by atoms with Crippen LogP contribution in [0, 0.1) is 0 Å². The molecule has 2 amide bonds. The van der Waals surface area contributed by atoms with E-state index >= 15 is 0 Å². The topological polar surface area (TPSA) is 58.6 Å². The number of nitrogens with one attached hydrogen (secondary N) is 1. The molecule has 1 aliphatic heterocycles. The molecule has 1 N–H and O–H groups in total. The van der Waals surface area contributed by atoms with Crippen molar-refractivity contribution >= 4 is 35.0 Å². The van der Waals surface area contributed by atoms with Crippen molar-refractivity contribution in [1.29, 1.82) is 0 Å². The van der Waals surface area contributed by atoms with Gasteiger partial charge in [0, 0.05) is 31.6 Å². The number of carbonyl (C=O) groups is 2. The highest BCUT2D eigenvalue weighted by atomic mass is 35.5. The number of benzene rings is 1. The molecule has 20 heavy (non-hydrogen) atoms. The highest BCUT2D eigenvalue weighted by Gasteiger charge is 2.21. The molecule has 1 aliphatic rings. The summed E-state index contributed by atoms with van der Waals surface area (Å²) >= 11 is 12.1. The molecule has 0 radical (unpaired) electrons. The number of hydrogen-bond donors (Lipinski definition) is 1. The lowest BCUT2D eigenvalue weighted by Crippen LogP contribution is -2.34. The van der Waals surface area contributed by atoms with Gasteiger partial charge in [-0.1, -0.05) is 23.2 Å². The number of carbonyl (C=O) groups excluding carboxylic acids is 2. The largest absolute Gasteiger partial charge is 0.494 e. The summed E-state index contributed by atoms with van der Waals surface area (Å²) in [5.41, 5.74) is 0.384. The zero-order chi connectivity index (χ0) is 14.7. The highest BCUT2D eigenvalue weighted by molar-refractivity contribution is 6.37. The van der Waals surface area contributed by atoms with Crippen LogP contribution >= 0.6 is 23.2 Å². The third-order valence-corrected chi connectivity index (χ3v) is 3.61. The second-order valence-electron chi connectivity index (χ2n) is 4.37. The summed E-state index contributed by atoms with van der Waals surface area (Å²) in [6, 6.07) is 3.05. The van der Waals surface area contributed by atoms with Crippen LogP contribution in [0.2, 0.25) is 10.0 Å². The molecule has 0 unspecified atom stereocenters. The van der Waals surface area contributed by atoms with Crippen LogP contribution in [0.3, 0.4) is 0 Å². The Morgan fingerprint density at radius 2 is 1.95 bits per heavy atom. The van der Waals surface area contributed by atoms with Crippen LogP contribution in [-0.2, 0) is 4.79 Å². The Kier molecular flexibility index (Phi) is 4.73. The van der Waals surface area contributed by atoms with Crippen LogP contribution in [0.5, 0.6) is 5.75 Å². The average Bonchev–Trinajstić information content (AvgIpc) is 2.62. The van der Waals surface area contributed by atoms with Crippen molar-refractivity contribution in [3.05, 3.63) is 27.7 Å². The average molecular weight is 317 g/mol. The standard InChI is InChI=1S/C13H14Cl2N2O3/c1-20-12-9(14)6-8(7-10(12)15)13(19)17-4-2-11(18)16-3-5-17/h6-7H,2-5H2,1H3,(H,16,18). The molecule has 0 bridgehead atoms. The molecule has 2 rings (SSSR count). The van der Waals surface area contributed by atoms with E-state index in [-0.39, 0.29) is 21.9 Å². The summed E-state index contributed by atoms with van der Waals surface area (Å²) in [4.78, 5) is 25.3. The second kappa shape index (κ2) is 6.33. The van der Waals surface area contributed by atoms with Gasteiger partial charge in [0.15, 0.2) is 5.75 Å². The van der Waals surface area contributed by atoms with Gasteiger partial charge in [0.1, 0.15) is 0 Å². The molecule has 108 valence electrons. The van der Waals surface area contributed by atoms with Gasteiger partial charge in [0.05, 0.1) is 17.2 Å². The van der Waals surface area contributed by atoms with Crippen molar-refractivity contribution in [2.45, 2.75) is 6.42 Å². The first kappa shape index (κ1) is 14.9. The molecular formula is C13H14Cl2N2O3. The van der Waals surface area contributed by atoms with Gasteiger partial charge in [0.2, 0.25) is 5.91 Å². The number of halogens is 2. The van der Waals surface area contributed by atoms with Gasteiger partial charge in [-0.3, -0.25) is 9.59 Å². The van der Waals surface area contributed by atoms with E-state index in [1.807, 2.05) is 0 Å². The van der Waals surface area contributed by atoms with Gasteiger partial charge in [-0.2, -0.15) is 0 Å². The first-order valence-corrected chi connectivity index (χ1v) is 6.87. The van der Waals surface area contributed by atoms with E-state index in [9.17, 15) is 9.59 Å². The Morgan fingerprint density at radius 3 is 2.55 bits per heavy atom. The fraction of sp³-hybridized carbons (Fsp3) is 0.385. The maximum atomic E-state index is 12.4. The molecule has 1 heterocycles. The number of methoxy groups -OCH3 is 1. The lowest BCUT2D eigenvalue weighted by atomic mass is 10.2. The van der Waals surface area contributed by atoms with Crippen molar-refractivity contribution in [3.63, 3.8) is 0 Å². The minimum atomic E-state index is -0.201. The van der Waals surface area contributed by atoms with Crippen molar-refractivity contribution in [2.24, 2.45) is 0 Å². The third kappa shape index (κ3) is 3.16. The van der Waals surface area contributed by atoms with Crippen molar-refractivity contribution < 1.29 is 14.3 Å². The fourth-order valence-electron chi connectivity index (χ4n) is 2.03. The summed E-state index contributed by atoms with van der Waals surface area (Å²) < 4.78 is 5.05. The zero-order valence-corrected chi connectivity index (χ0v) is 12.4. The Balaban J connectivity index is 2.22. The van der Waals surface area contributed by atoms with E-state index in [2.05, 4.69) is 5.32 Å². The summed E-state index contributed by atoms with van der Waals surface area (Å²) in [7, 11) is 1.46. The highest BCUT2D eigenvalue weighted by Crippen LogP contribution is 2.34. The van der Waals surface area contributed by atoms with E-state index in [4.69, 9.17) is 27.9 Å². The summed E-state index contributed by atoms with van der Waals surface area (Å²) in [6.07, 6.45) is 0.295. The van der Waals surface area contributed by atoms with Crippen LogP contribution in [0.25, 0.3) is 0 Å². The van der Waals surface area contributed by atoms with Crippen molar-refractivity contribution in [3.8, 4) is 5.75 Å². The number of ether oxygens (including phenoxy) is 1. The van der Waals surface area contributed by atoms with Gasteiger partial charge < -0.3 is 15.0 Å². The number of amides is 2. The lowest BCUT2D eigenvalue weighted by molar-refractivity contribution is -0.120. The molecule has 1 aromatic carbocycles. The Bertz CT molecular complexity index is 525. The number of rotatable bonds is 2. The van der Waals surface area contributed by atoms with Crippen LogP contribution in [0.15, 0.2) is 12.1 Å². The summed E-state index contributed by atoms with van der Waals surface area (Å²) in [5, 5.41) is 3.29. The smallest absolute Gasteiger partial charge is 0.254 e. The Labute approximate surface area is 126 Å². The van der Waals surface area contributed by atoms with Crippen molar-refractivity contribution in [2.75, 3.05) is 26.7 Å². The SMILES string of the molecule is COc1c(Cl)cc(C(=O)N2CCNC(=O)CC2)cc1Cl. The lowest BCUT2D eigenvalue weighted by Gasteiger charge is -2.20. The molecule has 0 atom stereocenters. The fourth-order valence-corrected chi connectivity index (χ4v) is 2.67. The zero-order valence-electron chi connectivity index (χ0n) is 10.9. The third-order valence-electron chi connectivity index (χ3n) is 3.05. The predicted octanol–water partition coefficient (Wildman–Crippen LogP) is 1.96. The normalized spacial score (nSPS) is 15.6. The van der Waals surface area contributed by atoms with E-state index in [0.717, 1.165) is 0 Å². The minimum Gasteiger partial charge on any atom is -0.494 e. The Morgan fingerprint density at radius 1 is 1.30 bits per heavy atom. The van der Waals surface area contributed by atoms with E-state index in [1.54, 1.807) is 4.90 Å². The maximum Gasteiger partial charge on any atom is 0.254 e. The predicted molar refractivity (Wildman–Crippen MR) is 76.5 cm³/mol. The van der Waals surface area contributed by atoms with Gasteiger partial charge in [-0.15, -0.1) is 0 Å². The quantitative estimate of drug-likeness (QED) is 0.907. The molecule has 1 saturated heterocycles. The molecular weight excluding hydrogens is 303 g/mol. The van der Waals surface area contributed by atoms with E-state index in [1.165, 1.54) is 19.2 Å². The summed E-state index contributed by atoms with van der Waals surface area (Å²) in [5.74, 6) is 0.0941. The molecule has 5 nitrogen and oxygen atoms in total. The minimum absolute atomic E-state index is 0.0499. The molecule has 0 spiro atoms. The first-order valence-electron chi connectivity index (χ1n) is 6.12.